The average Bonchev–Trinajstić information content (AvgIpc) is 3.03. The third-order valence-electron chi connectivity index (χ3n) is 5.84. The Kier molecular flexibility index (Phi) is 5.86. The fraction of sp³-hybridized carbons (Fsp3) is 0.500. The lowest BCUT2D eigenvalue weighted by Gasteiger charge is -2.35. The van der Waals surface area contributed by atoms with Gasteiger partial charge in [-0.2, -0.15) is 0 Å². The highest BCUT2D eigenvalue weighted by Crippen LogP contribution is 2.19. The summed E-state index contributed by atoms with van der Waals surface area (Å²) in [6.45, 7) is 5.03. The molecule has 2 aliphatic rings. The van der Waals surface area contributed by atoms with E-state index in [2.05, 4.69) is 9.88 Å². The van der Waals surface area contributed by atoms with Gasteiger partial charge in [-0.25, -0.2) is 0 Å². The molecule has 1 aromatic carbocycles. The van der Waals surface area contributed by atoms with E-state index in [1.807, 2.05) is 40.1 Å². The second kappa shape index (κ2) is 8.69. The van der Waals surface area contributed by atoms with Crippen LogP contribution in [0.15, 0.2) is 36.5 Å². The minimum absolute atomic E-state index is 0.0304. The highest BCUT2D eigenvalue weighted by molar-refractivity contribution is 6.05. The Balaban J connectivity index is 1.34. The molecule has 0 bridgehead atoms. The molecular weight excluding hydrogens is 352 g/mol. The third-order valence-corrected chi connectivity index (χ3v) is 5.84. The molecule has 148 valence electrons. The minimum Gasteiger partial charge on any atom is -0.342 e. The standard InChI is InChI=1S/C22H28N4O2/c27-20(25-11-3-1-2-4-12-25)17-24-13-15-26(16-14-24)22(28)19-9-5-7-18-8-6-10-23-21(18)19/h5-10H,1-4,11-17H2. The predicted molar refractivity (Wildman–Crippen MR) is 109 cm³/mol. The average molecular weight is 380 g/mol. The van der Waals surface area contributed by atoms with Crippen LogP contribution in [0.3, 0.4) is 0 Å². The monoisotopic (exact) mass is 380 g/mol. The Morgan fingerprint density at radius 2 is 1.54 bits per heavy atom. The van der Waals surface area contributed by atoms with Gasteiger partial charge in [-0.15, -0.1) is 0 Å². The molecule has 0 saturated carbocycles. The highest BCUT2D eigenvalue weighted by Gasteiger charge is 2.26. The van der Waals surface area contributed by atoms with E-state index in [0.717, 1.165) is 49.9 Å². The Bertz CT molecular complexity index is 832. The van der Waals surface area contributed by atoms with E-state index >= 15 is 0 Å². The number of amides is 2. The molecule has 0 spiro atoms. The summed E-state index contributed by atoms with van der Waals surface area (Å²) in [6.07, 6.45) is 6.42. The van der Waals surface area contributed by atoms with Crippen LogP contribution in [0, 0.1) is 0 Å². The number of pyridine rings is 1. The van der Waals surface area contributed by atoms with Crippen molar-refractivity contribution in [1.29, 1.82) is 0 Å². The Hall–Kier alpha value is -2.47. The molecule has 0 radical (unpaired) electrons. The maximum absolute atomic E-state index is 13.0. The maximum atomic E-state index is 13.0. The van der Waals surface area contributed by atoms with Crippen LogP contribution in [-0.4, -0.2) is 77.3 Å². The quantitative estimate of drug-likeness (QED) is 0.821. The van der Waals surface area contributed by atoms with Crippen LogP contribution in [0.25, 0.3) is 10.9 Å². The zero-order valence-electron chi connectivity index (χ0n) is 16.3. The minimum atomic E-state index is 0.0304. The summed E-state index contributed by atoms with van der Waals surface area (Å²) in [5.74, 6) is 0.266. The number of benzene rings is 1. The van der Waals surface area contributed by atoms with Crippen molar-refractivity contribution in [3.05, 3.63) is 42.1 Å². The Morgan fingerprint density at radius 1 is 0.821 bits per heavy atom. The molecule has 0 N–H and O–H groups in total. The fourth-order valence-corrected chi connectivity index (χ4v) is 4.17. The van der Waals surface area contributed by atoms with E-state index in [9.17, 15) is 9.59 Å². The topological polar surface area (TPSA) is 56.8 Å². The van der Waals surface area contributed by atoms with Gasteiger partial charge >= 0.3 is 0 Å². The van der Waals surface area contributed by atoms with Crippen LogP contribution < -0.4 is 0 Å². The summed E-state index contributed by atoms with van der Waals surface area (Å²) >= 11 is 0. The number of carbonyl (C=O) groups is 2. The molecule has 6 nitrogen and oxygen atoms in total. The molecule has 1 aromatic heterocycles. The second-order valence-corrected chi connectivity index (χ2v) is 7.74. The van der Waals surface area contributed by atoms with Crippen LogP contribution >= 0.6 is 0 Å². The Morgan fingerprint density at radius 3 is 2.29 bits per heavy atom. The highest BCUT2D eigenvalue weighted by atomic mass is 16.2. The van der Waals surface area contributed by atoms with E-state index < -0.39 is 0 Å². The van der Waals surface area contributed by atoms with Gasteiger partial charge in [-0.05, 0) is 25.0 Å². The first-order valence-electron chi connectivity index (χ1n) is 10.4. The normalized spacial score (nSPS) is 18.9. The first kappa shape index (κ1) is 18.9. The molecule has 0 aliphatic carbocycles. The summed E-state index contributed by atoms with van der Waals surface area (Å²) in [5.41, 5.74) is 1.42. The number of likely N-dealkylation sites (tertiary alicyclic amines) is 1. The number of carbonyl (C=O) groups excluding carboxylic acids is 2. The number of nitrogens with zero attached hydrogens (tertiary/aromatic N) is 4. The van der Waals surface area contributed by atoms with Crippen LogP contribution in [0.1, 0.15) is 36.0 Å². The molecule has 2 fully saturated rings. The fourth-order valence-electron chi connectivity index (χ4n) is 4.17. The largest absolute Gasteiger partial charge is 0.342 e. The Labute approximate surface area is 166 Å². The van der Waals surface area contributed by atoms with Crippen molar-refractivity contribution in [3.63, 3.8) is 0 Å². The molecule has 2 amide bonds. The molecule has 2 aromatic rings. The summed E-state index contributed by atoms with van der Waals surface area (Å²) in [5, 5.41) is 0.982. The van der Waals surface area contributed by atoms with Crippen LogP contribution in [0.2, 0.25) is 0 Å². The molecule has 3 heterocycles. The van der Waals surface area contributed by atoms with Gasteiger partial charge in [0, 0.05) is 50.9 Å². The van der Waals surface area contributed by atoms with Gasteiger partial charge in [0.15, 0.2) is 0 Å². The second-order valence-electron chi connectivity index (χ2n) is 7.74. The zero-order chi connectivity index (χ0) is 19.3. The van der Waals surface area contributed by atoms with Crippen molar-refractivity contribution < 1.29 is 9.59 Å². The van der Waals surface area contributed by atoms with Crippen molar-refractivity contribution in [1.82, 2.24) is 19.7 Å². The van der Waals surface area contributed by atoms with Gasteiger partial charge in [0.25, 0.3) is 5.91 Å². The SMILES string of the molecule is O=C(CN1CCN(C(=O)c2cccc3cccnc23)CC1)N1CCCCCC1. The summed E-state index contributed by atoms with van der Waals surface area (Å²) in [4.78, 5) is 36.1. The predicted octanol–water partition coefficient (Wildman–Crippen LogP) is 2.40. The van der Waals surface area contributed by atoms with E-state index in [4.69, 9.17) is 0 Å². The van der Waals surface area contributed by atoms with Crippen molar-refractivity contribution in [3.8, 4) is 0 Å². The van der Waals surface area contributed by atoms with Crippen LogP contribution in [-0.2, 0) is 4.79 Å². The number of aromatic nitrogens is 1. The maximum Gasteiger partial charge on any atom is 0.256 e. The number of rotatable bonds is 3. The molecule has 0 unspecified atom stereocenters. The van der Waals surface area contributed by atoms with E-state index in [-0.39, 0.29) is 11.8 Å². The number of hydrogen-bond acceptors (Lipinski definition) is 4. The van der Waals surface area contributed by atoms with Crippen molar-refractivity contribution in [2.45, 2.75) is 25.7 Å². The first-order valence-corrected chi connectivity index (χ1v) is 10.4. The molecule has 2 saturated heterocycles. The number of para-hydroxylation sites is 1. The number of fused-ring (bicyclic) bond motifs is 1. The van der Waals surface area contributed by atoms with Crippen molar-refractivity contribution in [2.75, 3.05) is 45.8 Å². The van der Waals surface area contributed by atoms with Gasteiger partial charge in [0.2, 0.25) is 5.91 Å². The molecule has 4 rings (SSSR count). The van der Waals surface area contributed by atoms with Gasteiger partial charge in [0.05, 0.1) is 17.6 Å². The van der Waals surface area contributed by atoms with E-state index in [1.54, 1.807) is 6.20 Å². The van der Waals surface area contributed by atoms with Crippen LogP contribution in [0.5, 0.6) is 0 Å². The molecule has 6 heteroatoms. The summed E-state index contributed by atoms with van der Waals surface area (Å²) in [7, 11) is 0. The first-order chi connectivity index (χ1) is 13.7. The van der Waals surface area contributed by atoms with Gasteiger partial charge < -0.3 is 9.80 Å². The lowest BCUT2D eigenvalue weighted by atomic mass is 10.1. The van der Waals surface area contributed by atoms with E-state index in [1.165, 1.54) is 12.8 Å². The van der Waals surface area contributed by atoms with Gasteiger partial charge in [0.1, 0.15) is 0 Å². The van der Waals surface area contributed by atoms with Crippen LogP contribution in [0.4, 0.5) is 0 Å². The smallest absolute Gasteiger partial charge is 0.256 e. The third kappa shape index (κ3) is 4.17. The lowest BCUT2D eigenvalue weighted by Crippen LogP contribution is -2.51. The molecular formula is C22H28N4O2. The van der Waals surface area contributed by atoms with Gasteiger partial charge in [-0.3, -0.25) is 19.5 Å². The van der Waals surface area contributed by atoms with Crippen molar-refractivity contribution in [2.24, 2.45) is 0 Å². The summed E-state index contributed by atoms with van der Waals surface area (Å²) in [6, 6.07) is 9.61. The number of piperazine rings is 1. The molecule has 2 aliphatic heterocycles. The molecule has 0 atom stereocenters. The zero-order valence-corrected chi connectivity index (χ0v) is 16.3. The summed E-state index contributed by atoms with van der Waals surface area (Å²) < 4.78 is 0. The van der Waals surface area contributed by atoms with E-state index in [0.29, 0.717) is 25.2 Å². The van der Waals surface area contributed by atoms with Crippen molar-refractivity contribution >= 4 is 22.7 Å². The molecule has 28 heavy (non-hydrogen) atoms. The number of hydrogen-bond donors (Lipinski definition) is 0. The van der Waals surface area contributed by atoms with Gasteiger partial charge in [-0.1, -0.05) is 31.0 Å². The lowest BCUT2D eigenvalue weighted by molar-refractivity contribution is -0.132.